The first-order valence-electron chi connectivity index (χ1n) is 4.12. The van der Waals surface area contributed by atoms with Crippen molar-refractivity contribution < 1.29 is 4.39 Å². The van der Waals surface area contributed by atoms with Gasteiger partial charge in [0.2, 0.25) is 11.9 Å². The van der Waals surface area contributed by atoms with Gasteiger partial charge in [-0.25, -0.2) is 4.98 Å². The van der Waals surface area contributed by atoms with E-state index in [0.29, 0.717) is 11.3 Å². The lowest BCUT2D eigenvalue weighted by Gasteiger charge is -2.20. The third-order valence-electron chi connectivity index (χ3n) is 1.81. The maximum Gasteiger partial charge on any atom is 0.222 e. The van der Waals surface area contributed by atoms with Gasteiger partial charge in [-0.15, -0.1) is 0 Å². The van der Waals surface area contributed by atoms with E-state index in [1.807, 2.05) is 20.8 Å². The molecule has 0 aliphatic rings. The van der Waals surface area contributed by atoms with Crippen LogP contribution in [-0.4, -0.2) is 9.97 Å². The second-order valence-corrected chi connectivity index (χ2v) is 4.08. The third kappa shape index (κ3) is 1.94. The second-order valence-electron chi connectivity index (χ2n) is 4.08. The van der Waals surface area contributed by atoms with Gasteiger partial charge in [0.05, 0.1) is 0 Å². The molecule has 0 aromatic carbocycles. The molecule has 1 aromatic rings. The number of halogens is 1. The molecule has 0 saturated heterocycles. The van der Waals surface area contributed by atoms with Crippen LogP contribution in [-0.2, 0) is 5.41 Å². The van der Waals surface area contributed by atoms with Crippen LogP contribution < -0.4 is 5.73 Å². The van der Waals surface area contributed by atoms with Gasteiger partial charge in [-0.3, -0.25) is 0 Å². The summed E-state index contributed by atoms with van der Waals surface area (Å²) in [5.74, 6) is -0.527. The lowest BCUT2D eigenvalue weighted by Crippen LogP contribution is -2.18. The van der Waals surface area contributed by atoms with Crippen molar-refractivity contribution in [1.29, 1.82) is 0 Å². The molecule has 0 saturated carbocycles. The smallest absolute Gasteiger partial charge is 0.222 e. The Morgan fingerprint density at radius 2 is 1.77 bits per heavy atom. The van der Waals surface area contributed by atoms with Crippen LogP contribution in [0.1, 0.15) is 32.0 Å². The van der Waals surface area contributed by atoms with Crippen molar-refractivity contribution in [2.45, 2.75) is 33.1 Å². The first kappa shape index (κ1) is 9.89. The molecular formula is C9H14FN3. The minimum atomic E-state index is -0.516. The van der Waals surface area contributed by atoms with Crippen LogP contribution >= 0.6 is 0 Å². The zero-order chi connectivity index (χ0) is 10.2. The average molecular weight is 183 g/mol. The topological polar surface area (TPSA) is 51.8 Å². The Kier molecular flexibility index (Phi) is 2.24. The van der Waals surface area contributed by atoms with Gasteiger partial charge >= 0.3 is 0 Å². The van der Waals surface area contributed by atoms with E-state index in [9.17, 15) is 4.39 Å². The minimum Gasteiger partial charge on any atom is -0.368 e. The number of aromatic nitrogens is 2. The first-order chi connectivity index (χ1) is 5.82. The molecule has 0 fully saturated rings. The van der Waals surface area contributed by atoms with Crippen LogP contribution in [0.2, 0.25) is 0 Å². The predicted octanol–water partition coefficient (Wildman–Crippen LogP) is 1.80. The summed E-state index contributed by atoms with van der Waals surface area (Å²) >= 11 is 0. The Morgan fingerprint density at radius 1 is 1.23 bits per heavy atom. The van der Waals surface area contributed by atoms with Crippen LogP contribution in [0.3, 0.4) is 0 Å². The molecule has 0 aliphatic heterocycles. The molecule has 0 unspecified atom stereocenters. The quantitative estimate of drug-likeness (QED) is 0.624. The largest absolute Gasteiger partial charge is 0.368 e. The SMILES string of the molecule is Cc1nc(N)nc(F)c1C(C)(C)C. The van der Waals surface area contributed by atoms with E-state index in [4.69, 9.17) is 5.73 Å². The average Bonchev–Trinajstić information content (AvgIpc) is 1.78. The number of rotatable bonds is 0. The molecule has 1 rings (SSSR count). The Balaban J connectivity index is 3.38. The van der Waals surface area contributed by atoms with Crippen molar-refractivity contribution in [3.8, 4) is 0 Å². The molecule has 1 aromatic heterocycles. The number of nitrogens with two attached hydrogens (primary N) is 1. The van der Waals surface area contributed by atoms with Gasteiger partial charge in [0.15, 0.2) is 0 Å². The summed E-state index contributed by atoms with van der Waals surface area (Å²) in [4.78, 5) is 7.43. The Hall–Kier alpha value is -1.19. The molecule has 72 valence electrons. The van der Waals surface area contributed by atoms with Gasteiger partial charge in [0, 0.05) is 11.3 Å². The predicted molar refractivity (Wildman–Crippen MR) is 49.8 cm³/mol. The van der Waals surface area contributed by atoms with E-state index in [2.05, 4.69) is 9.97 Å². The van der Waals surface area contributed by atoms with Crippen molar-refractivity contribution >= 4 is 5.95 Å². The van der Waals surface area contributed by atoms with Gasteiger partial charge in [-0.1, -0.05) is 20.8 Å². The summed E-state index contributed by atoms with van der Waals surface area (Å²) in [6.45, 7) is 7.48. The highest BCUT2D eigenvalue weighted by Crippen LogP contribution is 2.26. The summed E-state index contributed by atoms with van der Waals surface area (Å²) in [6, 6.07) is 0. The highest BCUT2D eigenvalue weighted by Gasteiger charge is 2.23. The second kappa shape index (κ2) is 2.94. The molecule has 2 N–H and O–H groups in total. The van der Waals surface area contributed by atoms with Gasteiger partial charge in [0.25, 0.3) is 0 Å². The summed E-state index contributed by atoms with van der Waals surface area (Å²) in [5, 5.41) is 0. The molecule has 0 aliphatic carbocycles. The highest BCUT2D eigenvalue weighted by atomic mass is 19.1. The maximum atomic E-state index is 13.4. The van der Waals surface area contributed by atoms with Crippen LogP contribution in [0.5, 0.6) is 0 Å². The van der Waals surface area contributed by atoms with Gasteiger partial charge in [0.1, 0.15) is 0 Å². The van der Waals surface area contributed by atoms with E-state index in [1.165, 1.54) is 0 Å². The molecule has 0 bridgehead atoms. The van der Waals surface area contributed by atoms with Gasteiger partial charge in [-0.2, -0.15) is 9.37 Å². The molecule has 0 amide bonds. The number of nitrogen functional groups attached to an aromatic ring is 1. The number of hydrogen-bond acceptors (Lipinski definition) is 3. The molecule has 0 atom stereocenters. The third-order valence-corrected chi connectivity index (χ3v) is 1.81. The number of nitrogens with zero attached hydrogens (tertiary/aromatic N) is 2. The molecule has 0 radical (unpaired) electrons. The Labute approximate surface area is 77.2 Å². The monoisotopic (exact) mass is 183 g/mol. The van der Waals surface area contributed by atoms with Crippen LogP contribution in [0.15, 0.2) is 0 Å². The highest BCUT2D eigenvalue weighted by molar-refractivity contribution is 5.30. The molecule has 3 nitrogen and oxygen atoms in total. The van der Waals surface area contributed by atoms with Crippen molar-refractivity contribution in [2.24, 2.45) is 0 Å². The van der Waals surface area contributed by atoms with Crippen molar-refractivity contribution in [2.75, 3.05) is 5.73 Å². The van der Waals surface area contributed by atoms with E-state index in [1.54, 1.807) is 6.92 Å². The first-order valence-corrected chi connectivity index (χ1v) is 4.12. The van der Waals surface area contributed by atoms with E-state index < -0.39 is 5.95 Å². The molecule has 4 heteroatoms. The van der Waals surface area contributed by atoms with Crippen molar-refractivity contribution in [1.82, 2.24) is 9.97 Å². The van der Waals surface area contributed by atoms with Crippen LogP contribution in [0.25, 0.3) is 0 Å². The molecular weight excluding hydrogens is 169 g/mol. The van der Waals surface area contributed by atoms with Crippen LogP contribution in [0.4, 0.5) is 10.3 Å². The molecule has 0 spiro atoms. The van der Waals surface area contributed by atoms with E-state index in [-0.39, 0.29) is 11.4 Å². The van der Waals surface area contributed by atoms with Crippen molar-refractivity contribution in [3.05, 3.63) is 17.2 Å². The van der Waals surface area contributed by atoms with E-state index in [0.717, 1.165) is 0 Å². The van der Waals surface area contributed by atoms with Gasteiger partial charge < -0.3 is 5.73 Å². The van der Waals surface area contributed by atoms with Crippen LogP contribution in [0, 0.1) is 12.9 Å². The normalized spacial score (nSPS) is 11.8. The number of aryl methyl sites for hydroxylation is 1. The fourth-order valence-electron chi connectivity index (χ4n) is 1.41. The van der Waals surface area contributed by atoms with Crippen molar-refractivity contribution in [3.63, 3.8) is 0 Å². The summed E-state index contributed by atoms with van der Waals surface area (Å²) in [5.41, 5.74) is 6.16. The summed E-state index contributed by atoms with van der Waals surface area (Å²) in [7, 11) is 0. The fourth-order valence-corrected chi connectivity index (χ4v) is 1.41. The Morgan fingerprint density at radius 3 is 2.15 bits per heavy atom. The minimum absolute atomic E-state index is 0.0111. The lowest BCUT2D eigenvalue weighted by molar-refractivity contribution is 0.491. The summed E-state index contributed by atoms with van der Waals surface area (Å²) < 4.78 is 13.4. The zero-order valence-electron chi connectivity index (χ0n) is 8.35. The zero-order valence-corrected chi connectivity index (χ0v) is 8.35. The summed E-state index contributed by atoms with van der Waals surface area (Å²) in [6.07, 6.45) is 0. The number of anilines is 1. The fraction of sp³-hybridized carbons (Fsp3) is 0.556. The van der Waals surface area contributed by atoms with Gasteiger partial charge in [-0.05, 0) is 12.3 Å². The maximum absolute atomic E-state index is 13.4. The molecule has 13 heavy (non-hydrogen) atoms. The standard InChI is InChI=1S/C9H14FN3/c1-5-6(9(2,3)4)7(10)13-8(11)12-5/h1-4H3,(H2,11,12,13). The van der Waals surface area contributed by atoms with E-state index >= 15 is 0 Å². The molecule has 1 heterocycles. The number of hydrogen-bond donors (Lipinski definition) is 1. The lowest BCUT2D eigenvalue weighted by atomic mass is 9.87. The Bertz CT molecular complexity index is 305.